The van der Waals surface area contributed by atoms with Crippen molar-refractivity contribution in [2.24, 2.45) is 0 Å². The summed E-state index contributed by atoms with van der Waals surface area (Å²) in [7, 11) is 0. The molecule has 2 rings (SSSR count). The minimum Gasteiger partial charge on any atom is -0.463 e. The number of amides is 2. The molecule has 1 aromatic rings. The summed E-state index contributed by atoms with van der Waals surface area (Å²) in [6.07, 6.45) is 9.58. The average Bonchev–Trinajstić information content (AvgIpc) is 2.72. The van der Waals surface area contributed by atoms with Gasteiger partial charge in [0.15, 0.2) is 0 Å². The van der Waals surface area contributed by atoms with Gasteiger partial charge < -0.3 is 10.1 Å². The lowest BCUT2D eigenvalue weighted by Crippen LogP contribution is -2.48. The number of rotatable bonds is 12. The number of carbonyl (C=O) groups is 2. The first-order chi connectivity index (χ1) is 14.5. The second kappa shape index (κ2) is 12.6. The van der Waals surface area contributed by atoms with Gasteiger partial charge in [-0.05, 0) is 38.0 Å². The molecule has 0 saturated heterocycles. The highest BCUT2D eigenvalue weighted by Crippen LogP contribution is 2.32. The van der Waals surface area contributed by atoms with Gasteiger partial charge >= 0.3 is 12.0 Å². The topological polar surface area (TPSA) is 58.6 Å². The Balaban J connectivity index is 2.07. The molecule has 6 heteroatoms. The van der Waals surface area contributed by atoms with Crippen LogP contribution in [-0.2, 0) is 9.53 Å². The molecule has 0 radical (unpaired) electrons. The Morgan fingerprint density at radius 2 is 1.63 bits per heavy atom. The number of halogens is 1. The molecule has 1 aromatic carbocycles. The Bertz CT molecular complexity index is 730. The van der Waals surface area contributed by atoms with Gasteiger partial charge in [0.2, 0.25) is 0 Å². The molecule has 1 heterocycles. The molecular weight excluding hydrogens is 400 g/mol. The summed E-state index contributed by atoms with van der Waals surface area (Å²) in [6.45, 7) is 6.72. The number of benzene rings is 1. The third kappa shape index (κ3) is 6.76. The van der Waals surface area contributed by atoms with E-state index in [9.17, 15) is 9.59 Å². The molecule has 1 atom stereocenters. The van der Waals surface area contributed by atoms with Gasteiger partial charge in [-0.1, -0.05) is 75.6 Å². The van der Waals surface area contributed by atoms with Crippen LogP contribution >= 0.6 is 11.6 Å². The molecule has 0 saturated carbocycles. The van der Waals surface area contributed by atoms with Gasteiger partial charge in [-0.15, -0.1) is 0 Å². The second-order valence-corrected chi connectivity index (χ2v) is 8.22. The largest absolute Gasteiger partial charge is 0.463 e. The second-order valence-electron chi connectivity index (χ2n) is 7.78. The van der Waals surface area contributed by atoms with Crippen molar-refractivity contribution < 1.29 is 14.3 Å². The van der Waals surface area contributed by atoms with Crippen LogP contribution in [0.2, 0.25) is 5.02 Å². The van der Waals surface area contributed by atoms with Crippen molar-refractivity contribution in [2.45, 2.75) is 78.2 Å². The molecule has 1 N–H and O–H groups in total. The maximum absolute atomic E-state index is 12.8. The first-order valence-corrected chi connectivity index (χ1v) is 11.6. The van der Waals surface area contributed by atoms with E-state index in [0.717, 1.165) is 18.4 Å². The van der Waals surface area contributed by atoms with Crippen LogP contribution in [0.1, 0.15) is 83.7 Å². The van der Waals surface area contributed by atoms with E-state index in [4.69, 9.17) is 16.3 Å². The van der Waals surface area contributed by atoms with Crippen LogP contribution in [-0.4, -0.2) is 30.1 Å². The van der Waals surface area contributed by atoms with Crippen molar-refractivity contribution in [2.75, 3.05) is 13.2 Å². The summed E-state index contributed by atoms with van der Waals surface area (Å²) in [4.78, 5) is 27.2. The first kappa shape index (κ1) is 24.3. The monoisotopic (exact) mass is 434 g/mol. The fraction of sp³-hybridized carbons (Fsp3) is 0.583. The molecule has 0 spiro atoms. The fourth-order valence-electron chi connectivity index (χ4n) is 3.83. The number of allylic oxidation sites excluding steroid dienone is 1. The van der Waals surface area contributed by atoms with E-state index in [2.05, 4.69) is 12.2 Å². The van der Waals surface area contributed by atoms with E-state index in [0.29, 0.717) is 22.8 Å². The Morgan fingerprint density at radius 3 is 2.23 bits per heavy atom. The number of unbranched alkanes of at least 4 members (excludes halogenated alkanes) is 7. The zero-order valence-corrected chi connectivity index (χ0v) is 19.3. The van der Waals surface area contributed by atoms with E-state index in [1.165, 1.54) is 38.5 Å². The van der Waals surface area contributed by atoms with Crippen LogP contribution in [0.15, 0.2) is 35.5 Å². The summed E-state index contributed by atoms with van der Waals surface area (Å²) >= 11 is 6.00. The summed E-state index contributed by atoms with van der Waals surface area (Å²) in [5.74, 6) is -0.393. The highest BCUT2D eigenvalue weighted by Gasteiger charge is 2.36. The third-order valence-electron chi connectivity index (χ3n) is 5.53. The van der Waals surface area contributed by atoms with Crippen molar-refractivity contribution in [3.63, 3.8) is 0 Å². The smallest absolute Gasteiger partial charge is 0.338 e. The maximum Gasteiger partial charge on any atom is 0.338 e. The van der Waals surface area contributed by atoms with Crippen LogP contribution in [0.5, 0.6) is 0 Å². The summed E-state index contributed by atoms with van der Waals surface area (Å²) in [5, 5.41) is 3.59. The molecule has 0 aromatic heterocycles. The highest BCUT2D eigenvalue weighted by atomic mass is 35.5. The Kier molecular flexibility index (Phi) is 10.2. The molecule has 1 unspecified atom stereocenters. The molecule has 2 amide bonds. The molecule has 166 valence electrons. The SMILES string of the molecule is CCCCCCCCCCN1C(=O)NC(c2ccc(Cl)cc2)C(C(=O)OCC)=C1C. The van der Waals surface area contributed by atoms with Crippen molar-refractivity contribution in [1.82, 2.24) is 10.2 Å². The van der Waals surface area contributed by atoms with Crippen LogP contribution in [0.25, 0.3) is 0 Å². The number of hydrogen-bond acceptors (Lipinski definition) is 3. The average molecular weight is 435 g/mol. The molecule has 0 aliphatic carbocycles. The lowest BCUT2D eigenvalue weighted by Gasteiger charge is -2.35. The number of nitrogens with zero attached hydrogens (tertiary/aromatic N) is 1. The van der Waals surface area contributed by atoms with Gasteiger partial charge in [0.1, 0.15) is 0 Å². The molecule has 0 fully saturated rings. The van der Waals surface area contributed by atoms with E-state index in [-0.39, 0.29) is 12.6 Å². The van der Waals surface area contributed by atoms with E-state index in [1.807, 2.05) is 19.1 Å². The highest BCUT2D eigenvalue weighted by molar-refractivity contribution is 6.30. The Morgan fingerprint density at radius 1 is 1.03 bits per heavy atom. The van der Waals surface area contributed by atoms with Gasteiger partial charge in [0.05, 0.1) is 18.2 Å². The van der Waals surface area contributed by atoms with Crippen molar-refractivity contribution >= 4 is 23.6 Å². The predicted molar refractivity (Wildman–Crippen MR) is 121 cm³/mol. The quantitative estimate of drug-likeness (QED) is 0.306. The zero-order valence-electron chi connectivity index (χ0n) is 18.5. The zero-order chi connectivity index (χ0) is 21.9. The van der Waals surface area contributed by atoms with E-state index >= 15 is 0 Å². The van der Waals surface area contributed by atoms with Gasteiger partial charge in [0, 0.05) is 17.3 Å². The molecule has 0 bridgehead atoms. The third-order valence-corrected chi connectivity index (χ3v) is 5.78. The molecule has 1 aliphatic heterocycles. The standard InChI is InChI=1S/C24H35ClN2O3/c1-4-6-7-8-9-10-11-12-17-27-18(3)21(23(28)30-5-2)22(26-24(27)29)19-13-15-20(25)16-14-19/h13-16,22H,4-12,17H2,1-3H3,(H,26,29). The number of esters is 1. The molecular formula is C24H35ClN2O3. The number of hydrogen-bond donors (Lipinski definition) is 1. The van der Waals surface area contributed by atoms with Gasteiger partial charge in [-0.3, -0.25) is 4.90 Å². The number of urea groups is 1. The Hall–Kier alpha value is -2.01. The Labute approximate surface area is 185 Å². The van der Waals surface area contributed by atoms with Crippen molar-refractivity contribution in [3.05, 3.63) is 46.1 Å². The van der Waals surface area contributed by atoms with Crippen LogP contribution in [0.3, 0.4) is 0 Å². The van der Waals surface area contributed by atoms with Gasteiger partial charge in [0.25, 0.3) is 0 Å². The number of ether oxygens (including phenoxy) is 1. The van der Waals surface area contributed by atoms with Crippen LogP contribution in [0, 0.1) is 0 Å². The van der Waals surface area contributed by atoms with Crippen LogP contribution in [0.4, 0.5) is 4.79 Å². The summed E-state index contributed by atoms with van der Waals surface area (Å²) < 4.78 is 5.30. The molecule has 1 aliphatic rings. The summed E-state index contributed by atoms with van der Waals surface area (Å²) in [6, 6.07) is 6.46. The predicted octanol–water partition coefficient (Wildman–Crippen LogP) is 6.38. The normalized spacial score (nSPS) is 16.6. The minimum atomic E-state index is -0.538. The molecule has 30 heavy (non-hydrogen) atoms. The number of nitrogens with one attached hydrogen (secondary N) is 1. The van der Waals surface area contributed by atoms with Gasteiger partial charge in [-0.25, -0.2) is 9.59 Å². The maximum atomic E-state index is 12.8. The van der Waals surface area contributed by atoms with E-state index < -0.39 is 12.0 Å². The fourth-order valence-corrected chi connectivity index (χ4v) is 3.96. The van der Waals surface area contributed by atoms with E-state index in [1.54, 1.807) is 24.0 Å². The number of carbonyl (C=O) groups excluding carboxylic acids is 2. The first-order valence-electron chi connectivity index (χ1n) is 11.2. The lowest BCUT2D eigenvalue weighted by molar-refractivity contribution is -0.139. The van der Waals surface area contributed by atoms with Crippen molar-refractivity contribution in [1.29, 1.82) is 0 Å². The lowest BCUT2D eigenvalue weighted by atomic mass is 9.95. The molecule has 5 nitrogen and oxygen atoms in total. The van der Waals surface area contributed by atoms with Crippen LogP contribution < -0.4 is 5.32 Å². The minimum absolute atomic E-state index is 0.177. The summed E-state index contributed by atoms with van der Waals surface area (Å²) in [5.41, 5.74) is 1.96. The van der Waals surface area contributed by atoms with Crippen molar-refractivity contribution in [3.8, 4) is 0 Å². The van der Waals surface area contributed by atoms with Gasteiger partial charge in [-0.2, -0.15) is 0 Å².